The van der Waals surface area contributed by atoms with Gasteiger partial charge in [0.1, 0.15) is 0 Å². The van der Waals surface area contributed by atoms with Gasteiger partial charge in [0.05, 0.1) is 0 Å². The largest absolute Gasteiger partial charge is 0.0990 e. The molecule has 0 atom stereocenters. The molecule has 0 amide bonds. The molecule has 0 aliphatic heterocycles. The van der Waals surface area contributed by atoms with Crippen molar-refractivity contribution in [3.05, 3.63) is 89.5 Å². The molecule has 0 heterocycles. The number of hydrogen-bond donors (Lipinski definition) is 0. The van der Waals surface area contributed by atoms with E-state index in [4.69, 9.17) is 0 Å². The molecule has 0 bridgehead atoms. The highest BCUT2D eigenvalue weighted by molar-refractivity contribution is 5.79. The molecular formula is C22H24. The van der Waals surface area contributed by atoms with E-state index in [1.807, 2.05) is 6.08 Å². The molecule has 0 heteroatoms. The number of hydrogen-bond acceptors (Lipinski definition) is 0. The molecule has 0 fully saturated rings. The van der Waals surface area contributed by atoms with Gasteiger partial charge in [-0.25, -0.2) is 0 Å². The smallest absolute Gasteiger partial charge is 0.0152 e. The Labute approximate surface area is 134 Å². The van der Waals surface area contributed by atoms with Gasteiger partial charge in [0, 0.05) is 0 Å². The molecule has 0 radical (unpaired) electrons. The van der Waals surface area contributed by atoms with E-state index in [1.165, 1.54) is 39.0 Å². The van der Waals surface area contributed by atoms with Gasteiger partial charge in [-0.2, -0.15) is 0 Å². The van der Waals surface area contributed by atoms with Crippen LogP contribution in [-0.4, -0.2) is 0 Å². The van der Waals surface area contributed by atoms with Crippen LogP contribution in [0.2, 0.25) is 0 Å². The van der Waals surface area contributed by atoms with E-state index >= 15 is 0 Å². The molecule has 0 spiro atoms. The summed E-state index contributed by atoms with van der Waals surface area (Å²) in [5.41, 5.74) is 8.94. The summed E-state index contributed by atoms with van der Waals surface area (Å²) in [6.45, 7) is 12.4. The van der Waals surface area contributed by atoms with Gasteiger partial charge in [-0.15, -0.1) is 0 Å². The lowest BCUT2D eigenvalue weighted by Gasteiger charge is -2.12. The summed E-state index contributed by atoms with van der Waals surface area (Å²) in [4.78, 5) is 0. The summed E-state index contributed by atoms with van der Waals surface area (Å²) >= 11 is 0. The average Bonchev–Trinajstić information content (AvgIpc) is 2.47. The molecule has 2 aromatic rings. The van der Waals surface area contributed by atoms with Gasteiger partial charge in [-0.1, -0.05) is 72.8 Å². The van der Waals surface area contributed by atoms with Crippen LogP contribution in [-0.2, 0) is 0 Å². The van der Waals surface area contributed by atoms with Crippen LogP contribution in [0.25, 0.3) is 16.7 Å². The molecule has 0 saturated heterocycles. The standard InChI is InChI=1S/C22H24/c1-6-9-19(14-16(2)3)20-12-13-22(18(5)15-20)21-11-8-7-10-17(21)4/h6-15H,1H2,2-5H3/b19-9+. The van der Waals surface area contributed by atoms with Crippen molar-refractivity contribution in [2.75, 3.05) is 0 Å². The maximum absolute atomic E-state index is 3.83. The summed E-state index contributed by atoms with van der Waals surface area (Å²) < 4.78 is 0. The van der Waals surface area contributed by atoms with E-state index in [1.54, 1.807) is 0 Å². The molecule has 22 heavy (non-hydrogen) atoms. The van der Waals surface area contributed by atoms with E-state index in [-0.39, 0.29) is 0 Å². The van der Waals surface area contributed by atoms with Crippen LogP contribution >= 0.6 is 0 Å². The lowest BCUT2D eigenvalue weighted by molar-refractivity contribution is 1.38. The lowest BCUT2D eigenvalue weighted by Crippen LogP contribution is -1.90. The van der Waals surface area contributed by atoms with Crippen molar-refractivity contribution in [1.82, 2.24) is 0 Å². The Balaban J connectivity index is 2.50. The normalized spacial score (nSPS) is 11.2. The van der Waals surface area contributed by atoms with Crippen LogP contribution in [0.1, 0.15) is 30.5 Å². The van der Waals surface area contributed by atoms with Crippen molar-refractivity contribution in [3.8, 4) is 11.1 Å². The van der Waals surface area contributed by atoms with E-state index < -0.39 is 0 Å². The number of aryl methyl sites for hydroxylation is 2. The number of rotatable bonds is 4. The van der Waals surface area contributed by atoms with Crippen LogP contribution in [0.4, 0.5) is 0 Å². The first-order valence-electron chi connectivity index (χ1n) is 7.67. The van der Waals surface area contributed by atoms with Crippen LogP contribution in [0.3, 0.4) is 0 Å². The van der Waals surface area contributed by atoms with Crippen LogP contribution in [0.15, 0.2) is 72.8 Å². The summed E-state index contributed by atoms with van der Waals surface area (Å²) in [7, 11) is 0. The van der Waals surface area contributed by atoms with E-state index in [0.717, 1.165) is 0 Å². The van der Waals surface area contributed by atoms with Crippen molar-refractivity contribution in [1.29, 1.82) is 0 Å². The van der Waals surface area contributed by atoms with Gasteiger partial charge in [0.25, 0.3) is 0 Å². The van der Waals surface area contributed by atoms with Crippen molar-refractivity contribution < 1.29 is 0 Å². The minimum atomic E-state index is 1.20. The van der Waals surface area contributed by atoms with Crippen molar-refractivity contribution in [2.24, 2.45) is 0 Å². The summed E-state index contributed by atoms with van der Waals surface area (Å²) in [6, 6.07) is 15.2. The molecule has 0 aromatic heterocycles. The zero-order valence-electron chi connectivity index (χ0n) is 14.0. The third-order valence-electron chi connectivity index (χ3n) is 3.74. The predicted octanol–water partition coefficient (Wildman–Crippen LogP) is 6.51. The SMILES string of the molecule is C=C/C=C(\C=C(C)C)c1ccc(-c2ccccc2C)c(C)c1. The summed E-state index contributed by atoms with van der Waals surface area (Å²) in [5, 5.41) is 0. The fourth-order valence-electron chi connectivity index (χ4n) is 2.69. The second-order valence-electron chi connectivity index (χ2n) is 5.92. The molecule has 0 unspecified atom stereocenters. The molecule has 0 nitrogen and oxygen atoms in total. The highest BCUT2D eigenvalue weighted by Crippen LogP contribution is 2.29. The van der Waals surface area contributed by atoms with Crippen molar-refractivity contribution in [3.63, 3.8) is 0 Å². The van der Waals surface area contributed by atoms with Gasteiger partial charge in [0.2, 0.25) is 0 Å². The van der Waals surface area contributed by atoms with Gasteiger partial charge >= 0.3 is 0 Å². The summed E-state index contributed by atoms with van der Waals surface area (Å²) in [5.74, 6) is 0. The lowest BCUT2D eigenvalue weighted by atomic mass is 9.93. The molecule has 0 aliphatic rings. The maximum Gasteiger partial charge on any atom is -0.0152 e. The topological polar surface area (TPSA) is 0 Å². The molecule has 112 valence electrons. The fraction of sp³-hybridized carbons (Fsp3) is 0.182. The molecule has 2 aromatic carbocycles. The Hall–Kier alpha value is -2.34. The predicted molar refractivity (Wildman–Crippen MR) is 99.0 cm³/mol. The number of allylic oxidation sites excluding steroid dienone is 5. The second-order valence-corrected chi connectivity index (χ2v) is 5.92. The molecule has 0 saturated carbocycles. The Morgan fingerprint density at radius 1 is 0.909 bits per heavy atom. The fourth-order valence-corrected chi connectivity index (χ4v) is 2.69. The minimum absolute atomic E-state index is 1.20. The monoisotopic (exact) mass is 288 g/mol. The molecule has 2 rings (SSSR count). The zero-order valence-corrected chi connectivity index (χ0v) is 14.0. The van der Waals surface area contributed by atoms with Gasteiger partial charge in [0.15, 0.2) is 0 Å². The van der Waals surface area contributed by atoms with Gasteiger partial charge in [-0.05, 0) is 61.1 Å². The number of benzene rings is 2. The minimum Gasteiger partial charge on any atom is -0.0990 e. The molecule has 0 aliphatic carbocycles. The summed E-state index contributed by atoms with van der Waals surface area (Å²) in [6.07, 6.45) is 6.11. The van der Waals surface area contributed by atoms with Gasteiger partial charge in [-0.3, -0.25) is 0 Å². The first-order chi connectivity index (χ1) is 10.5. The quantitative estimate of drug-likeness (QED) is 0.563. The van der Waals surface area contributed by atoms with E-state index in [9.17, 15) is 0 Å². The first kappa shape index (κ1) is 16.0. The Kier molecular flexibility index (Phi) is 5.16. The Morgan fingerprint density at radius 2 is 1.59 bits per heavy atom. The highest BCUT2D eigenvalue weighted by Gasteiger charge is 2.06. The zero-order chi connectivity index (χ0) is 16.1. The average molecular weight is 288 g/mol. The van der Waals surface area contributed by atoms with Crippen LogP contribution in [0, 0.1) is 13.8 Å². The Bertz CT molecular complexity index is 738. The highest BCUT2D eigenvalue weighted by atomic mass is 14.1. The van der Waals surface area contributed by atoms with Crippen LogP contribution in [0.5, 0.6) is 0 Å². The van der Waals surface area contributed by atoms with Crippen LogP contribution < -0.4 is 0 Å². The molecular weight excluding hydrogens is 264 g/mol. The van der Waals surface area contributed by atoms with E-state index in [0.29, 0.717) is 0 Å². The van der Waals surface area contributed by atoms with Crippen molar-refractivity contribution in [2.45, 2.75) is 27.7 Å². The first-order valence-corrected chi connectivity index (χ1v) is 7.67. The third-order valence-corrected chi connectivity index (χ3v) is 3.74. The second kappa shape index (κ2) is 7.09. The maximum atomic E-state index is 3.83. The third kappa shape index (κ3) is 3.65. The van der Waals surface area contributed by atoms with E-state index in [2.05, 4.69) is 88.9 Å². The molecule has 0 N–H and O–H groups in total. The Morgan fingerprint density at radius 3 is 2.18 bits per heavy atom. The van der Waals surface area contributed by atoms with Gasteiger partial charge < -0.3 is 0 Å². The van der Waals surface area contributed by atoms with Crippen molar-refractivity contribution >= 4 is 5.57 Å².